The summed E-state index contributed by atoms with van der Waals surface area (Å²) < 4.78 is 2.51. The lowest BCUT2D eigenvalue weighted by atomic mass is 10.1. The number of allylic oxidation sites excluding steroid dienone is 2. The van der Waals surface area contributed by atoms with Crippen molar-refractivity contribution < 1.29 is 4.58 Å². The molecule has 0 saturated carbocycles. The fourth-order valence-electron chi connectivity index (χ4n) is 4.11. The summed E-state index contributed by atoms with van der Waals surface area (Å²) in [5.41, 5.74) is 5.76. The highest BCUT2D eigenvalue weighted by Crippen LogP contribution is 2.12. The Hall–Kier alpha value is -0.830. The van der Waals surface area contributed by atoms with E-state index in [1.807, 2.05) is 0 Å². The van der Waals surface area contributed by atoms with Gasteiger partial charge in [0.2, 0.25) is 5.84 Å². The van der Waals surface area contributed by atoms with Gasteiger partial charge in [0.15, 0.2) is 0 Å². The number of likely N-dealkylation sites (N-methyl/N-ethyl adjacent to an activating group) is 1. The van der Waals surface area contributed by atoms with E-state index in [-0.39, 0.29) is 0 Å². The van der Waals surface area contributed by atoms with Crippen LogP contribution in [0.25, 0.3) is 0 Å². The number of nitrogens with zero attached hydrogens (tertiary/aromatic N) is 2. The molecule has 0 aromatic rings. The largest absolute Gasteiger partial charge is 0.327 e. The lowest BCUT2D eigenvalue weighted by molar-refractivity contribution is -0.516. The van der Waals surface area contributed by atoms with Crippen LogP contribution in [0.15, 0.2) is 12.2 Å². The third-order valence-corrected chi connectivity index (χ3v) is 5.81. The number of hydrogen-bond donors (Lipinski definition) is 1. The molecule has 0 atom stereocenters. The predicted octanol–water partition coefficient (Wildman–Crippen LogP) is 5.73. The molecule has 0 amide bonds. The van der Waals surface area contributed by atoms with Crippen molar-refractivity contribution in [1.82, 2.24) is 4.90 Å². The van der Waals surface area contributed by atoms with Crippen LogP contribution >= 0.6 is 0 Å². The maximum atomic E-state index is 5.76. The summed E-state index contributed by atoms with van der Waals surface area (Å²) in [7, 11) is 0. The van der Waals surface area contributed by atoms with Crippen LogP contribution in [0.2, 0.25) is 0 Å². The molecule has 1 aliphatic rings. The van der Waals surface area contributed by atoms with Gasteiger partial charge in [0.25, 0.3) is 0 Å². The number of nitrogens with two attached hydrogens (primary N) is 1. The molecule has 3 heteroatoms. The van der Waals surface area contributed by atoms with Crippen LogP contribution in [0.4, 0.5) is 0 Å². The molecule has 0 unspecified atom stereocenters. The number of rotatable bonds is 18. The lowest BCUT2D eigenvalue weighted by Crippen LogP contribution is -2.30. The van der Waals surface area contributed by atoms with Crippen molar-refractivity contribution in [2.75, 3.05) is 32.7 Å². The predicted molar refractivity (Wildman–Crippen MR) is 121 cm³/mol. The van der Waals surface area contributed by atoms with Crippen molar-refractivity contribution in [3.8, 4) is 0 Å². The fourth-order valence-corrected chi connectivity index (χ4v) is 4.11. The van der Waals surface area contributed by atoms with Gasteiger partial charge in [0, 0.05) is 13.0 Å². The topological polar surface area (TPSA) is 32.3 Å². The van der Waals surface area contributed by atoms with Crippen molar-refractivity contribution in [3.63, 3.8) is 0 Å². The van der Waals surface area contributed by atoms with Crippen LogP contribution in [0.1, 0.15) is 104 Å². The zero-order valence-electron chi connectivity index (χ0n) is 18.6. The molecule has 0 fully saturated rings. The molecule has 0 bridgehead atoms. The van der Waals surface area contributed by atoms with Gasteiger partial charge in [-0.25, -0.2) is 0 Å². The van der Waals surface area contributed by atoms with Crippen LogP contribution in [0.3, 0.4) is 0 Å². The summed E-state index contributed by atoms with van der Waals surface area (Å²) in [6.45, 7) is 9.86. The summed E-state index contributed by atoms with van der Waals surface area (Å²) in [5.74, 6) is 1.56. The maximum Gasteiger partial charge on any atom is 0.247 e. The monoisotopic (exact) mass is 378 g/mol. The highest BCUT2D eigenvalue weighted by atomic mass is 15.3. The first-order chi connectivity index (χ1) is 13.3. The van der Waals surface area contributed by atoms with Gasteiger partial charge < -0.3 is 5.73 Å². The van der Waals surface area contributed by atoms with E-state index in [0.717, 1.165) is 19.6 Å². The highest BCUT2D eigenvalue weighted by molar-refractivity contribution is 5.78. The van der Waals surface area contributed by atoms with Gasteiger partial charge in [-0.3, -0.25) is 9.48 Å². The Bertz CT molecular complexity index is 400. The van der Waals surface area contributed by atoms with Crippen molar-refractivity contribution in [2.45, 2.75) is 104 Å². The second-order valence-electron chi connectivity index (χ2n) is 8.11. The zero-order chi connectivity index (χ0) is 19.6. The summed E-state index contributed by atoms with van der Waals surface area (Å²) >= 11 is 0. The smallest absolute Gasteiger partial charge is 0.247 e. The molecule has 27 heavy (non-hydrogen) atoms. The number of amidine groups is 1. The molecule has 158 valence electrons. The van der Waals surface area contributed by atoms with Gasteiger partial charge in [0.05, 0.1) is 13.1 Å². The molecular formula is C24H48N3+. The normalized spacial score (nSPS) is 14.9. The molecule has 0 spiro atoms. The minimum Gasteiger partial charge on any atom is -0.327 e. The standard InChI is InChI=1S/C24H48N3/c1-3-5-6-7-8-9-10-11-12-13-14-15-16-17-18-19-24-26(4-2)22-23-27(24)21-20-25/h11-12H,3-10,13-23,25H2,1-2H3/q+1. The van der Waals surface area contributed by atoms with E-state index in [1.165, 1.54) is 103 Å². The van der Waals surface area contributed by atoms with Gasteiger partial charge in [-0.1, -0.05) is 70.4 Å². The van der Waals surface area contributed by atoms with E-state index in [1.54, 1.807) is 5.84 Å². The number of unbranched alkanes of at least 4 members (excludes halogenated alkanes) is 11. The second kappa shape index (κ2) is 17.3. The Morgan fingerprint density at radius 1 is 0.852 bits per heavy atom. The molecule has 2 N–H and O–H groups in total. The molecule has 1 rings (SSSR count). The van der Waals surface area contributed by atoms with Gasteiger partial charge in [-0.05, 0) is 39.0 Å². The third kappa shape index (κ3) is 11.6. The fraction of sp³-hybridized carbons (Fsp3) is 0.875. The minimum absolute atomic E-state index is 0.771. The van der Waals surface area contributed by atoms with Crippen LogP contribution in [0.5, 0.6) is 0 Å². The van der Waals surface area contributed by atoms with E-state index in [4.69, 9.17) is 5.73 Å². The third-order valence-electron chi connectivity index (χ3n) is 5.81. The van der Waals surface area contributed by atoms with Crippen LogP contribution in [-0.2, 0) is 0 Å². The van der Waals surface area contributed by atoms with Crippen molar-refractivity contribution in [3.05, 3.63) is 12.2 Å². The second-order valence-corrected chi connectivity index (χ2v) is 8.11. The molecule has 0 radical (unpaired) electrons. The SMILES string of the molecule is CCCCCCCCC=CCCCCCCCC1=[N+](CCN)CCN1CC. The summed E-state index contributed by atoms with van der Waals surface area (Å²) in [4.78, 5) is 2.55. The first-order valence-electron chi connectivity index (χ1n) is 12.0. The minimum atomic E-state index is 0.771. The van der Waals surface area contributed by atoms with E-state index >= 15 is 0 Å². The van der Waals surface area contributed by atoms with Gasteiger partial charge in [-0.2, -0.15) is 0 Å². The molecule has 1 aliphatic heterocycles. The molecular weight excluding hydrogens is 330 g/mol. The van der Waals surface area contributed by atoms with Crippen molar-refractivity contribution in [1.29, 1.82) is 0 Å². The lowest BCUT2D eigenvalue weighted by Gasteiger charge is -2.11. The Kier molecular flexibility index (Phi) is 15.5. The highest BCUT2D eigenvalue weighted by Gasteiger charge is 2.27. The van der Waals surface area contributed by atoms with Crippen LogP contribution in [0, 0.1) is 0 Å². The number of hydrogen-bond acceptors (Lipinski definition) is 2. The molecule has 0 aromatic heterocycles. The molecule has 1 heterocycles. The average molecular weight is 379 g/mol. The average Bonchev–Trinajstić information content (AvgIpc) is 3.07. The van der Waals surface area contributed by atoms with E-state index < -0.39 is 0 Å². The van der Waals surface area contributed by atoms with Gasteiger partial charge in [0.1, 0.15) is 13.1 Å². The summed E-state index contributed by atoms with van der Waals surface area (Å²) in [6.07, 6.45) is 23.9. The van der Waals surface area contributed by atoms with E-state index in [9.17, 15) is 0 Å². The first-order valence-corrected chi connectivity index (χ1v) is 12.0. The van der Waals surface area contributed by atoms with E-state index in [0.29, 0.717) is 0 Å². The van der Waals surface area contributed by atoms with Crippen LogP contribution < -0.4 is 5.73 Å². The Morgan fingerprint density at radius 3 is 2.04 bits per heavy atom. The Balaban J connectivity index is 1.95. The molecule has 0 aliphatic carbocycles. The zero-order valence-corrected chi connectivity index (χ0v) is 18.6. The van der Waals surface area contributed by atoms with Gasteiger partial charge in [-0.15, -0.1) is 0 Å². The summed E-state index contributed by atoms with van der Waals surface area (Å²) in [6, 6.07) is 0. The van der Waals surface area contributed by atoms with Crippen molar-refractivity contribution in [2.24, 2.45) is 5.73 Å². The Labute approximate surface area is 170 Å². The first kappa shape index (κ1) is 24.2. The van der Waals surface area contributed by atoms with Crippen molar-refractivity contribution >= 4 is 5.84 Å². The van der Waals surface area contributed by atoms with Gasteiger partial charge >= 0.3 is 0 Å². The van der Waals surface area contributed by atoms with Crippen LogP contribution in [-0.4, -0.2) is 48.0 Å². The molecule has 0 aromatic carbocycles. The molecule has 3 nitrogen and oxygen atoms in total. The summed E-state index contributed by atoms with van der Waals surface area (Å²) in [5, 5.41) is 0. The maximum absolute atomic E-state index is 5.76. The molecule has 0 saturated heterocycles. The Morgan fingerprint density at radius 2 is 1.44 bits per heavy atom. The quantitative estimate of drug-likeness (QED) is 0.188. The van der Waals surface area contributed by atoms with E-state index in [2.05, 4.69) is 35.5 Å².